The predicted octanol–water partition coefficient (Wildman–Crippen LogP) is 0.374. The average Bonchev–Trinajstić information content (AvgIpc) is 3.08. The van der Waals surface area contributed by atoms with Crippen molar-refractivity contribution in [1.29, 1.82) is 0 Å². The van der Waals surface area contributed by atoms with Crippen LogP contribution in [0.15, 0.2) is 17.5 Å². The number of thiophene rings is 1. The number of thioether (sulfide) groups is 1. The van der Waals surface area contributed by atoms with Gasteiger partial charge in [0.25, 0.3) is 0 Å². The molecule has 0 aliphatic carbocycles. The number of ether oxygens (including phenoxy) is 1. The first-order valence-corrected chi connectivity index (χ1v) is 11.7. The number of β-lactam (4-membered cyclic amide) rings is 1. The van der Waals surface area contributed by atoms with Crippen LogP contribution in [0.2, 0.25) is 0 Å². The molecule has 0 radical (unpaired) electrons. The Labute approximate surface area is 163 Å². The highest BCUT2D eigenvalue weighted by Crippen LogP contribution is 2.55. The van der Waals surface area contributed by atoms with Gasteiger partial charge in [0.1, 0.15) is 17.2 Å². The van der Waals surface area contributed by atoms with Crippen molar-refractivity contribution in [2.75, 3.05) is 12.4 Å². The van der Waals surface area contributed by atoms with Gasteiger partial charge in [0.2, 0.25) is 11.8 Å². The molecule has 3 rings (SSSR count). The van der Waals surface area contributed by atoms with E-state index in [4.69, 9.17) is 4.74 Å². The van der Waals surface area contributed by atoms with E-state index in [1.54, 1.807) is 0 Å². The minimum Gasteiger partial charge on any atom is -0.465 e. The fourth-order valence-corrected chi connectivity index (χ4v) is 6.96. The Morgan fingerprint density at radius 1 is 1.44 bits per heavy atom. The zero-order chi connectivity index (χ0) is 19.8. The first kappa shape index (κ1) is 20.3. The summed E-state index contributed by atoms with van der Waals surface area (Å²) in [7, 11) is -4.65. The first-order valence-electron chi connectivity index (χ1n) is 8.12. The van der Waals surface area contributed by atoms with Crippen molar-refractivity contribution in [3.8, 4) is 0 Å². The van der Waals surface area contributed by atoms with E-state index in [1.165, 1.54) is 30.0 Å². The minimum atomic E-state index is -4.65. The van der Waals surface area contributed by atoms with Crippen molar-refractivity contribution in [3.63, 3.8) is 0 Å². The number of carbonyl (C=O) groups excluding carboxylic acids is 3. The molecule has 3 heterocycles. The summed E-state index contributed by atoms with van der Waals surface area (Å²) in [5, 5.41) is 3.96. The summed E-state index contributed by atoms with van der Waals surface area (Å²) in [5.74, 6) is -3.14. The Bertz CT molecular complexity index is 781. The third-order valence-corrected chi connectivity index (χ3v) is 8.04. The molecule has 2 fully saturated rings. The molecule has 0 bridgehead atoms. The van der Waals surface area contributed by atoms with E-state index in [1.807, 2.05) is 17.5 Å². The Balaban J connectivity index is 1.68. The highest BCUT2D eigenvalue weighted by molar-refractivity contribution is 8.00. The lowest BCUT2D eigenvalue weighted by molar-refractivity contribution is -0.153. The maximum atomic E-state index is 12.5. The van der Waals surface area contributed by atoms with Gasteiger partial charge in [-0.3, -0.25) is 18.9 Å². The molecule has 27 heavy (non-hydrogen) atoms. The van der Waals surface area contributed by atoms with Gasteiger partial charge in [0, 0.05) is 23.5 Å². The normalized spacial score (nSPS) is 27.5. The number of carbonyl (C=O) groups is 3. The van der Waals surface area contributed by atoms with Crippen molar-refractivity contribution in [1.82, 2.24) is 10.2 Å². The van der Waals surface area contributed by atoms with Gasteiger partial charge in [-0.05, 0) is 11.4 Å². The first-order chi connectivity index (χ1) is 12.7. The van der Waals surface area contributed by atoms with Crippen molar-refractivity contribution >= 4 is 48.5 Å². The van der Waals surface area contributed by atoms with Crippen LogP contribution < -0.4 is 5.32 Å². The fourth-order valence-electron chi connectivity index (χ4n) is 3.20. The molecule has 12 heteroatoms. The topological polar surface area (TPSA) is 133 Å². The summed E-state index contributed by atoms with van der Waals surface area (Å²) >= 11 is 2.75. The molecule has 1 aromatic rings. The van der Waals surface area contributed by atoms with Crippen LogP contribution in [0.4, 0.5) is 0 Å². The molecule has 1 aromatic heterocycles. The largest absolute Gasteiger partial charge is 0.465 e. The standard InChI is InChI=1S/C15H19N2O7PS2/c1-8(18)24-6-9-7-27-15-12(13(20)17(15)14(9)25(21,22)23)16-11(19)5-10-3-2-4-26-10/h2-4,9,12,14-15H,5-7H2,1H3,(H,16,19)(H2,21,22,23)/t9?,12-,14?,15+/m1/s1. The lowest BCUT2D eigenvalue weighted by Crippen LogP contribution is -2.74. The lowest BCUT2D eigenvalue weighted by Gasteiger charge is -2.55. The van der Waals surface area contributed by atoms with Crippen molar-refractivity contribution < 1.29 is 33.5 Å². The molecule has 0 saturated carbocycles. The molecular weight excluding hydrogens is 415 g/mol. The molecule has 2 amide bonds. The number of amides is 2. The minimum absolute atomic E-state index is 0.149. The van der Waals surface area contributed by atoms with Crippen LogP contribution in [0.1, 0.15) is 11.8 Å². The Morgan fingerprint density at radius 3 is 2.78 bits per heavy atom. The molecule has 3 N–H and O–H groups in total. The van der Waals surface area contributed by atoms with E-state index >= 15 is 0 Å². The lowest BCUT2D eigenvalue weighted by atomic mass is 10.0. The van der Waals surface area contributed by atoms with Crippen LogP contribution >= 0.6 is 30.7 Å². The van der Waals surface area contributed by atoms with Gasteiger partial charge >= 0.3 is 13.6 Å². The van der Waals surface area contributed by atoms with Gasteiger partial charge in [0.05, 0.1) is 13.0 Å². The highest BCUT2D eigenvalue weighted by atomic mass is 32.2. The van der Waals surface area contributed by atoms with Crippen LogP contribution in [0.25, 0.3) is 0 Å². The summed E-state index contributed by atoms with van der Waals surface area (Å²) in [6, 6.07) is 2.83. The number of hydrogen-bond acceptors (Lipinski definition) is 7. The molecule has 2 saturated heterocycles. The summed E-state index contributed by atoms with van der Waals surface area (Å²) in [6.45, 7) is 1.03. The average molecular weight is 434 g/mol. The van der Waals surface area contributed by atoms with Crippen molar-refractivity contribution in [3.05, 3.63) is 22.4 Å². The molecule has 2 unspecified atom stereocenters. The second-order valence-corrected chi connectivity index (χ2v) is 10.2. The molecule has 9 nitrogen and oxygen atoms in total. The molecular formula is C15H19N2O7PS2. The van der Waals surface area contributed by atoms with E-state index in [-0.39, 0.29) is 18.9 Å². The maximum Gasteiger partial charge on any atom is 0.348 e. The van der Waals surface area contributed by atoms with Crippen LogP contribution in [0, 0.1) is 5.92 Å². The molecule has 2 aliphatic rings. The van der Waals surface area contributed by atoms with Crippen LogP contribution in [0.3, 0.4) is 0 Å². The molecule has 0 spiro atoms. The van der Waals surface area contributed by atoms with Gasteiger partial charge in [-0.15, -0.1) is 23.1 Å². The second kappa shape index (κ2) is 7.92. The van der Waals surface area contributed by atoms with Gasteiger partial charge in [-0.2, -0.15) is 0 Å². The van der Waals surface area contributed by atoms with E-state index in [0.29, 0.717) is 5.75 Å². The number of esters is 1. The maximum absolute atomic E-state index is 12.5. The second-order valence-electron chi connectivity index (χ2n) is 6.34. The quantitative estimate of drug-likeness (QED) is 0.332. The van der Waals surface area contributed by atoms with Crippen LogP contribution in [-0.4, -0.2) is 62.0 Å². The van der Waals surface area contributed by atoms with E-state index in [0.717, 1.165) is 9.78 Å². The zero-order valence-electron chi connectivity index (χ0n) is 14.3. The highest BCUT2D eigenvalue weighted by Gasteiger charge is 2.60. The van der Waals surface area contributed by atoms with Crippen LogP contribution in [0.5, 0.6) is 0 Å². The van der Waals surface area contributed by atoms with Gasteiger partial charge in [-0.25, -0.2) is 0 Å². The summed E-state index contributed by atoms with van der Waals surface area (Å²) in [6.07, 6.45) is 0.149. The molecule has 0 aromatic carbocycles. The van der Waals surface area contributed by atoms with Gasteiger partial charge < -0.3 is 24.7 Å². The van der Waals surface area contributed by atoms with Crippen molar-refractivity contribution in [2.45, 2.75) is 30.5 Å². The molecule has 2 aliphatic heterocycles. The van der Waals surface area contributed by atoms with E-state index in [2.05, 4.69) is 5.32 Å². The SMILES string of the molecule is CC(=O)OCC1CS[C@H]2[C@H](NC(=O)Cc3cccs3)C(=O)N2C1P(=O)(O)O. The predicted molar refractivity (Wildman–Crippen MR) is 99.0 cm³/mol. The number of nitrogens with zero attached hydrogens (tertiary/aromatic N) is 1. The number of fused-ring (bicyclic) bond motifs is 1. The van der Waals surface area contributed by atoms with Gasteiger partial charge in [0.15, 0.2) is 0 Å². The Morgan fingerprint density at radius 2 is 2.19 bits per heavy atom. The summed E-state index contributed by atoms with van der Waals surface area (Å²) < 4.78 is 16.9. The zero-order valence-corrected chi connectivity index (χ0v) is 16.8. The smallest absolute Gasteiger partial charge is 0.348 e. The monoisotopic (exact) mass is 434 g/mol. The summed E-state index contributed by atoms with van der Waals surface area (Å²) in [4.78, 5) is 57.2. The molecule has 148 valence electrons. The number of rotatable bonds is 6. The third kappa shape index (κ3) is 4.38. The third-order valence-electron chi connectivity index (χ3n) is 4.34. The number of nitrogens with one attached hydrogen (secondary N) is 1. The van der Waals surface area contributed by atoms with Crippen molar-refractivity contribution in [2.24, 2.45) is 5.92 Å². The van der Waals surface area contributed by atoms with Gasteiger partial charge in [-0.1, -0.05) is 6.07 Å². The van der Waals surface area contributed by atoms with Crippen LogP contribution in [-0.2, 0) is 30.1 Å². The molecule has 4 atom stereocenters. The van der Waals surface area contributed by atoms with E-state index < -0.39 is 42.6 Å². The summed E-state index contributed by atoms with van der Waals surface area (Å²) in [5.41, 5.74) is 0. The van der Waals surface area contributed by atoms with E-state index in [9.17, 15) is 28.7 Å². The fraction of sp³-hybridized carbons (Fsp3) is 0.533. The number of hydrogen-bond donors (Lipinski definition) is 3. The Kier molecular flexibility index (Phi) is 5.97. The Hall–Kier alpha value is -1.39.